The number of amides is 1. The maximum absolute atomic E-state index is 12.0. The molecule has 0 bridgehead atoms. The van der Waals surface area contributed by atoms with Crippen molar-refractivity contribution in [1.29, 1.82) is 0 Å². The summed E-state index contributed by atoms with van der Waals surface area (Å²) in [5, 5.41) is 12.5. The molecule has 0 spiro atoms. The van der Waals surface area contributed by atoms with E-state index in [-0.39, 0.29) is 11.7 Å². The van der Waals surface area contributed by atoms with Crippen LogP contribution >= 0.6 is 0 Å². The summed E-state index contributed by atoms with van der Waals surface area (Å²) in [5.41, 5.74) is 1.17. The van der Waals surface area contributed by atoms with Crippen LogP contribution in [0, 0.1) is 0 Å². The number of carbonyl (C=O) groups is 1. The minimum atomic E-state index is 0.257. The number of aromatic hydroxyl groups is 1. The lowest BCUT2D eigenvalue weighted by molar-refractivity contribution is -0.131. The summed E-state index contributed by atoms with van der Waals surface area (Å²) in [6, 6.07) is 7.25. The molecule has 0 aliphatic carbocycles. The highest BCUT2D eigenvalue weighted by Gasteiger charge is 2.17. The van der Waals surface area contributed by atoms with Gasteiger partial charge in [-0.25, -0.2) is 0 Å². The van der Waals surface area contributed by atoms with E-state index in [2.05, 4.69) is 12.2 Å². The maximum atomic E-state index is 12.0. The van der Waals surface area contributed by atoms with Gasteiger partial charge in [-0.15, -0.1) is 0 Å². The molecule has 0 aromatic heterocycles. The topological polar surface area (TPSA) is 52.6 Å². The van der Waals surface area contributed by atoms with Crippen molar-refractivity contribution in [3.63, 3.8) is 0 Å². The summed E-state index contributed by atoms with van der Waals surface area (Å²) < 4.78 is 0. The van der Waals surface area contributed by atoms with Crippen molar-refractivity contribution in [2.24, 2.45) is 0 Å². The Labute approximate surface area is 114 Å². The molecule has 2 rings (SSSR count). The largest absolute Gasteiger partial charge is 0.508 e. The van der Waals surface area contributed by atoms with Crippen molar-refractivity contribution in [2.45, 2.75) is 25.7 Å². The summed E-state index contributed by atoms with van der Waals surface area (Å²) in [6.07, 6.45) is 1.45. The molecule has 19 heavy (non-hydrogen) atoms. The Bertz CT molecular complexity index is 411. The number of phenols is 1. The van der Waals surface area contributed by atoms with E-state index in [0.29, 0.717) is 12.3 Å². The molecule has 1 atom stereocenters. The number of carbonyl (C=O) groups excluding carboxylic acids is 1. The van der Waals surface area contributed by atoms with E-state index < -0.39 is 0 Å². The molecule has 1 amide bonds. The van der Waals surface area contributed by atoms with E-state index in [1.165, 1.54) is 5.56 Å². The molecule has 1 fully saturated rings. The van der Waals surface area contributed by atoms with Gasteiger partial charge in [-0.3, -0.25) is 4.79 Å². The molecular weight excluding hydrogens is 240 g/mol. The lowest BCUT2D eigenvalue weighted by Crippen LogP contribution is -2.46. The van der Waals surface area contributed by atoms with Gasteiger partial charge in [-0.05, 0) is 30.0 Å². The zero-order valence-corrected chi connectivity index (χ0v) is 11.4. The van der Waals surface area contributed by atoms with E-state index in [9.17, 15) is 9.90 Å². The van der Waals surface area contributed by atoms with Gasteiger partial charge in [0.15, 0.2) is 0 Å². The molecule has 1 heterocycles. The van der Waals surface area contributed by atoms with Crippen LogP contribution in [0.2, 0.25) is 0 Å². The molecule has 1 aromatic carbocycles. The maximum Gasteiger partial charge on any atom is 0.222 e. The molecule has 4 nitrogen and oxygen atoms in total. The van der Waals surface area contributed by atoms with Crippen LogP contribution in [0.1, 0.15) is 31.2 Å². The lowest BCUT2D eigenvalue weighted by Gasteiger charge is -2.27. The zero-order valence-electron chi connectivity index (χ0n) is 11.4. The predicted molar refractivity (Wildman–Crippen MR) is 75.2 cm³/mol. The Kier molecular flexibility index (Phi) is 4.80. The van der Waals surface area contributed by atoms with Crippen molar-refractivity contribution in [2.75, 3.05) is 26.2 Å². The number of nitrogens with zero attached hydrogens (tertiary/aromatic N) is 1. The van der Waals surface area contributed by atoms with Gasteiger partial charge in [-0.1, -0.05) is 19.1 Å². The second-order valence-corrected chi connectivity index (χ2v) is 5.16. The van der Waals surface area contributed by atoms with Gasteiger partial charge in [0.05, 0.1) is 0 Å². The number of rotatable bonds is 4. The second kappa shape index (κ2) is 6.57. The van der Waals surface area contributed by atoms with Gasteiger partial charge in [0, 0.05) is 32.6 Å². The smallest absolute Gasteiger partial charge is 0.222 e. The van der Waals surface area contributed by atoms with Gasteiger partial charge in [0.25, 0.3) is 0 Å². The van der Waals surface area contributed by atoms with Crippen LogP contribution in [0.5, 0.6) is 5.75 Å². The Morgan fingerprint density at radius 2 is 1.95 bits per heavy atom. The number of piperazine rings is 1. The Morgan fingerprint density at radius 3 is 2.58 bits per heavy atom. The number of phenolic OH excluding ortho intramolecular Hbond substituents is 1. The molecule has 2 N–H and O–H groups in total. The SMILES string of the molecule is CC(CCC(=O)N1CCNCC1)c1ccc(O)cc1. The molecule has 1 aliphatic rings. The van der Waals surface area contributed by atoms with Crippen LogP contribution in [-0.2, 0) is 4.79 Å². The van der Waals surface area contributed by atoms with Gasteiger partial charge in [0.2, 0.25) is 5.91 Å². The third-order valence-corrected chi connectivity index (χ3v) is 3.72. The Morgan fingerprint density at radius 1 is 1.32 bits per heavy atom. The Hall–Kier alpha value is -1.55. The first kappa shape index (κ1) is 13.9. The van der Waals surface area contributed by atoms with Crippen molar-refractivity contribution in [3.05, 3.63) is 29.8 Å². The summed E-state index contributed by atoms with van der Waals surface area (Å²) >= 11 is 0. The monoisotopic (exact) mass is 262 g/mol. The fourth-order valence-electron chi connectivity index (χ4n) is 2.38. The molecule has 1 saturated heterocycles. The van der Waals surface area contributed by atoms with Crippen molar-refractivity contribution >= 4 is 5.91 Å². The zero-order chi connectivity index (χ0) is 13.7. The molecule has 1 aliphatic heterocycles. The average molecular weight is 262 g/mol. The summed E-state index contributed by atoms with van der Waals surface area (Å²) in [6.45, 7) is 5.58. The van der Waals surface area contributed by atoms with Crippen molar-refractivity contribution < 1.29 is 9.90 Å². The molecule has 0 saturated carbocycles. The van der Waals surface area contributed by atoms with Crippen LogP contribution in [0.15, 0.2) is 24.3 Å². The van der Waals surface area contributed by atoms with Crippen LogP contribution in [-0.4, -0.2) is 42.1 Å². The minimum absolute atomic E-state index is 0.257. The number of hydrogen-bond donors (Lipinski definition) is 2. The van der Waals surface area contributed by atoms with Gasteiger partial charge in [-0.2, -0.15) is 0 Å². The van der Waals surface area contributed by atoms with Crippen molar-refractivity contribution in [3.8, 4) is 5.75 Å². The third kappa shape index (κ3) is 3.96. The van der Waals surface area contributed by atoms with Gasteiger partial charge >= 0.3 is 0 Å². The highest BCUT2D eigenvalue weighted by Crippen LogP contribution is 2.23. The number of hydrogen-bond acceptors (Lipinski definition) is 3. The summed E-state index contributed by atoms with van der Waals surface area (Å²) in [4.78, 5) is 14.0. The van der Waals surface area contributed by atoms with E-state index in [0.717, 1.165) is 32.6 Å². The average Bonchev–Trinajstić information content (AvgIpc) is 2.46. The first-order valence-corrected chi connectivity index (χ1v) is 6.94. The van der Waals surface area contributed by atoms with E-state index in [4.69, 9.17) is 0 Å². The third-order valence-electron chi connectivity index (χ3n) is 3.72. The summed E-state index contributed by atoms with van der Waals surface area (Å²) in [5.74, 6) is 0.882. The highest BCUT2D eigenvalue weighted by molar-refractivity contribution is 5.76. The molecule has 1 aromatic rings. The Balaban J connectivity index is 1.80. The van der Waals surface area contributed by atoms with Crippen LogP contribution < -0.4 is 5.32 Å². The molecule has 1 unspecified atom stereocenters. The van der Waals surface area contributed by atoms with E-state index in [1.54, 1.807) is 12.1 Å². The van der Waals surface area contributed by atoms with Gasteiger partial charge < -0.3 is 15.3 Å². The van der Waals surface area contributed by atoms with Crippen molar-refractivity contribution in [1.82, 2.24) is 10.2 Å². The normalized spacial score (nSPS) is 17.2. The highest BCUT2D eigenvalue weighted by atomic mass is 16.3. The first-order chi connectivity index (χ1) is 9.16. The van der Waals surface area contributed by atoms with Gasteiger partial charge in [0.1, 0.15) is 5.75 Å². The van der Waals surface area contributed by atoms with E-state index >= 15 is 0 Å². The first-order valence-electron chi connectivity index (χ1n) is 6.94. The quantitative estimate of drug-likeness (QED) is 0.868. The molecule has 4 heteroatoms. The fourth-order valence-corrected chi connectivity index (χ4v) is 2.38. The fraction of sp³-hybridized carbons (Fsp3) is 0.533. The standard InChI is InChI=1S/C15H22N2O2/c1-12(13-3-5-14(18)6-4-13)2-7-15(19)17-10-8-16-9-11-17/h3-6,12,16,18H,2,7-11H2,1H3. The molecular formula is C15H22N2O2. The number of benzene rings is 1. The lowest BCUT2D eigenvalue weighted by atomic mass is 9.96. The molecule has 0 radical (unpaired) electrons. The minimum Gasteiger partial charge on any atom is -0.508 e. The van der Waals surface area contributed by atoms with Crippen LogP contribution in [0.4, 0.5) is 0 Å². The predicted octanol–water partition coefficient (Wildman–Crippen LogP) is 1.71. The van der Waals surface area contributed by atoms with Crippen LogP contribution in [0.3, 0.4) is 0 Å². The van der Waals surface area contributed by atoms with Crippen LogP contribution in [0.25, 0.3) is 0 Å². The second-order valence-electron chi connectivity index (χ2n) is 5.16. The number of nitrogens with one attached hydrogen (secondary N) is 1. The van der Waals surface area contributed by atoms with E-state index in [1.807, 2.05) is 17.0 Å². The summed E-state index contributed by atoms with van der Waals surface area (Å²) in [7, 11) is 0. The molecule has 104 valence electrons.